The van der Waals surface area contributed by atoms with E-state index in [1.165, 1.54) is 5.57 Å². The van der Waals surface area contributed by atoms with Gasteiger partial charge < -0.3 is 30.4 Å². The molecular weight excluding hydrogens is 599 g/mol. The summed E-state index contributed by atoms with van der Waals surface area (Å²) in [6.07, 6.45) is 5.63. The number of fused-ring (bicyclic) bond motifs is 2. The Balaban J connectivity index is 1.42. The van der Waals surface area contributed by atoms with E-state index in [0.29, 0.717) is 66.4 Å². The van der Waals surface area contributed by atoms with Crippen LogP contribution < -0.4 is 26.1 Å². The molecule has 1 saturated carbocycles. The van der Waals surface area contributed by atoms with Gasteiger partial charge in [0.1, 0.15) is 29.0 Å². The normalized spacial score (nSPS) is 25.0. The van der Waals surface area contributed by atoms with Crippen molar-refractivity contribution < 1.29 is 18.7 Å². The summed E-state index contributed by atoms with van der Waals surface area (Å²) in [6.45, 7) is 10.7. The summed E-state index contributed by atoms with van der Waals surface area (Å²) in [5.41, 5.74) is 8.79. The molecule has 0 spiro atoms. The van der Waals surface area contributed by atoms with E-state index >= 15 is 4.39 Å². The number of anilines is 2. The monoisotopic (exact) mass is 636 g/mol. The third-order valence-corrected chi connectivity index (χ3v) is 10.1. The summed E-state index contributed by atoms with van der Waals surface area (Å²) >= 11 is 6.75. The molecule has 3 aliphatic heterocycles. The molecule has 5 N–H and O–H groups in total. The van der Waals surface area contributed by atoms with Crippen molar-refractivity contribution in [2.45, 2.75) is 50.5 Å². The van der Waals surface area contributed by atoms with Gasteiger partial charge >= 0.3 is 6.01 Å². The van der Waals surface area contributed by atoms with Gasteiger partial charge in [0.2, 0.25) is 0 Å². The highest BCUT2D eigenvalue weighted by Crippen LogP contribution is 2.54. The van der Waals surface area contributed by atoms with Crippen LogP contribution in [-0.4, -0.2) is 77.6 Å². The van der Waals surface area contributed by atoms with E-state index in [4.69, 9.17) is 47.9 Å². The molecule has 13 heteroatoms. The first kappa shape index (κ1) is 30.1. The van der Waals surface area contributed by atoms with Gasteiger partial charge in [0.15, 0.2) is 5.82 Å². The second kappa shape index (κ2) is 11.7. The third-order valence-electron chi connectivity index (χ3n) is 9.80. The van der Waals surface area contributed by atoms with Gasteiger partial charge in [-0.1, -0.05) is 30.7 Å². The van der Waals surface area contributed by atoms with Crippen LogP contribution in [0.1, 0.15) is 56.1 Å². The molecule has 238 valence electrons. The molecule has 0 bridgehead atoms. The Morgan fingerprint density at radius 1 is 1.24 bits per heavy atom. The maximum Gasteiger partial charge on any atom is 0.319 e. The summed E-state index contributed by atoms with van der Waals surface area (Å²) in [5.74, 6) is 5.86. The molecule has 0 radical (unpaired) electrons. The molecule has 1 aromatic carbocycles. The third kappa shape index (κ3) is 5.17. The van der Waals surface area contributed by atoms with Crippen molar-refractivity contribution in [3.63, 3.8) is 0 Å². The fourth-order valence-electron chi connectivity index (χ4n) is 7.45. The topological polar surface area (TPSA) is 149 Å². The highest BCUT2D eigenvalue weighted by molar-refractivity contribution is 6.32. The number of hydrogen-bond acceptors (Lipinski definition) is 11. The molecule has 3 atom stereocenters. The van der Waals surface area contributed by atoms with Crippen LogP contribution in [0, 0.1) is 17.1 Å². The van der Waals surface area contributed by atoms with E-state index in [9.17, 15) is 0 Å². The van der Waals surface area contributed by atoms with Gasteiger partial charge in [0.05, 0.1) is 12.1 Å². The first-order chi connectivity index (χ1) is 21.7. The van der Waals surface area contributed by atoms with E-state index in [1.807, 2.05) is 4.90 Å². The molecular formula is C32H38ClFN8O3. The zero-order valence-electron chi connectivity index (χ0n) is 25.4. The van der Waals surface area contributed by atoms with Crippen LogP contribution in [0.25, 0.3) is 22.2 Å². The van der Waals surface area contributed by atoms with Crippen LogP contribution in [0.3, 0.4) is 0 Å². The summed E-state index contributed by atoms with van der Waals surface area (Å²) in [7, 11) is 0. The zero-order chi connectivity index (χ0) is 31.5. The summed E-state index contributed by atoms with van der Waals surface area (Å²) in [6, 6.07) is 1.66. The predicted octanol–water partition coefficient (Wildman–Crippen LogP) is 4.84. The molecule has 3 unspecified atom stereocenters. The average molecular weight is 637 g/mol. The number of pyridine rings is 1. The first-order valence-corrected chi connectivity index (χ1v) is 15.9. The number of hydrogen-bond donors (Lipinski definition) is 3. The van der Waals surface area contributed by atoms with Gasteiger partial charge in [0.25, 0.3) is 5.88 Å². The Labute approximate surface area is 266 Å². The Morgan fingerprint density at radius 3 is 2.82 bits per heavy atom. The number of ether oxygens (including phenoxy) is 2. The van der Waals surface area contributed by atoms with Crippen LogP contribution in [0.5, 0.6) is 11.9 Å². The lowest BCUT2D eigenvalue weighted by atomic mass is 9.92. The Hall–Kier alpha value is -3.58. The van der Waals surface area contributed by atoms with Crippen molar-refractivity contribution in [3.8, 4) is 23.1 Å². The second-order valence-electron chi connectivity index (χ2n) is 12.8. The molecule has 5 heterocycles. The number of benzene rings is 1. The molecule has 0 amide bonds. The van der Waals surface area contributed by atoms with Crippen LogP contribution >= 0.6 is 11.6 Å². The van der Waals surface area contributed by atoms with Crippen molar-refractivity contribution >= 4 is 40.2 Å². The fourth-order valence-corrected chi connectivity index (χ4v) is 7.80. The van der Waals surface area contributed by atoms with Crippen molar-refractivity contribution in [2.75, 3.05) is 56.6 Å². The van der Waals surface area contributed by atoms with Gasteiger partial charge in [-0.2, -0.15) is 15.9 Å². The van der Waals surface area contributed by atoms with Crippen molar-refractivity contribution in [2.24, 2.45) is 11.8 Å². The van der Waals surface area contributed by atoms with Gasteiger partial charge in [-0.3, -0.25) is 4.90 Å². The quantitative estimate of drug-likeness (QED) is 0.136. The summed E-state index contributed by atoms with van der Waals surface area (Å²) in [4.78, 5) is 23.8. The van der Waals surface area contributed by atoms with E-state index < -0.39 is 5.82 Å². The fraction of sp³-hybridized carbons (Fsp3) is 0.500. The van der Waals surface area contributed by atoms with Crippen molar-refractivity contribution in [3.05, 3.63) is 40.2 Å². The number of halogens is 2. The van der Waals surface area contributed by atoms with Crippen LogP contribution in [0.15, 0.2) is 18.2 Å². The number of nitrogen functional groups attached to an aromatic ring is 1. The smallest absolute Gasteiger partial charge is 0.319 e. The Morgan fingerprint density at radius 2 is 2.07 bits per heavy atom. The second-order valence-corrected chi connectivity index (χ2v) is 13.2. The first-order valence-electron chi connectivity index (χ1n) is 15.5. The minimum absolute atomic E-state index is 0.0495. The summed E-state index contributed by atoms with van der Waals surface area (Å²) < 4.78 is 29.2. The number of nitrogens with one attached hydrogen (secondary N) is 1. The Bertz CT molecular complexity index is 1700. The van der Waals surface area contributed by atoms with Crippen molar-refractivity contribution in [1.29, 1.82) is 5.41 Å². The zero-order valence-corrected chi connectivity index (χ0v) is 26.1. The largest absolute Gasteiger partial charge is 0.461 e. The van der Waals surface area contributed by atoms with Crippen LogP contribution in [0.2, 0.25) is 5.02 Å². The standard InChI is InChI=1S/C32H38ClFN8O3/c1-17-13-32(5-3-7-42(32)15-17)16-44-31-39-28-25(29(40-31)41-6-4-9-43-10-8-41)30(45-37)38-27(26(28)34)24-20(14-35)22(36)12-21(33)23(24)19-11-18(19)2/h12,14,18-19,35H,1,3-11,13,15-16,36-37H2,2H3. The predicted molar refractivity (Wildman–Crippen MR) is 172 cm³/mol. The molecule has 4 fully saturated rings. The highest BCUT2D eigenvalue weighted by Gasteiger charge is 2.47. The van der Waals surface area contributed by atoms with E-state index in [-0.39, 0.29) is 45.6 Å². The molecule has 7 rings (SSSR count). The highest BCUT2D eigenvalue weighted by atomic mass is 35.5. The average Bonchev–Trinajstić information content (AvgIpc) is 3.60. The Kier molecular flexibility index (Phi) is 7.79. The number of rotatable bonds is 8. The molecule has 11 nitrogen and oxygen atoms in total. The SMILES string of the molecule is C=C1CN2CCCC2(COc2nc(N3CCCOCC3)c3c(ON)nc(-c4c(C=N)c(N)cc(Cl)c4C4CC4C)c(F)c3n2)C1. The maximum absolute atomic E-state index is 17.1. The summed E-state index contributed by atoms with van der Waals surface area (Å²) in [5, 5.41) is 8.82. The molecule has 2 aromatic heterocycles. The lowest BCUT2D eigenvalue weighted by molar-refractivity contribution is 0.108. The number of nitrogens with zero attached hydrogens (tertiary/aromatic N) is 5. The van der Waals surface area contributed by atoms with Crippen LogP contribution in [0.4, 0.5) is 15.9 Å². The van der Waals surface area contributed by atoms with Gasteiger partial charge in [-0.15, -0.1) is 0 Å². The minimum Gasteiger partial charge on any atom is -0.461 e. The lowest BCUT2D eigenvalue weighted by Crippen LogP contribution is -2.43. The number of nitrogens with two attached hydrogens (primary N) is 2. The van der Waals surface area contributed by atoms with Gasteiger partial charge in [-0.05, 0) is 62.1 Å². The van der Waals surface area contributed by atoms with Crippen molar-refractivity contribution in [1.82, 2.24) is 19.9 Å². The van der Waals surface area contributed by atoms with Gasteiger partial charge in [0, 0.05) is 54.3 Å². The number of aromatic nitrogens is 3. The van der Waals surface area contributed by atoms with Gasteiger partial charge in [-0.25, -0.2) is 9.37 Å². The van der Waals surface area contributed by atoms with E-state index in [0.717, 1.165) is 51.4 Å². The molecule has 45 heavy (non-hydrogen) atoms. The molecule has 3 aromatic rings. The van der Waals surface area contributed by atoms with E-state index in [1.54, 1.807) is 6.07 Å². The van der Waals surface area contributed by atoms with E-state index in [2.05, 4.69) is 28.4 Å². The van der Waals surface area contributed by atoms with Crippen LogP contribution in [-0.2, 0) is 4.74 Å². The maximum atomic E-state index is 17.1. The lowest BCUT2D eigenvalue weighted by Gasteiger charge is -2.31. The molecule has 4 aliphatic rings. The molecule has 3 saturated heterocycles. The minimum atomic E-state index is -0.723. The molecule has 1 aliphatic carbocycles.